The van der Waals surface area contributed by atoms with Crippen molar-refractivity contribution in [2.75, 3.05) is 38.8 Å². The second kappa shape index (κ2) is 10.2. The molecule has 3 rings (SSSR count). The Kier molecular flexibility index (Phi) is 7.41. The molecule has 1 atom stereocenters. The van der Waals surface area contributed by atoms with Crippen LogP contribution < -0.4 is 25.0 Å². The molecule has 7 nitrogen and oxygen atoms in total. The predicted octanol–water partition coefficient (Wildman–Crippen LogP) is 3.09. The van der Waals surface area contributed by atoms with Gasteiger partial charge in [-0.25, -0.2) is 9.98 Å². The molecule has 156 valence electrons. The Morgan fingerprint density at radius 2 is 2.10 bits per heavy atom. The lowest BCUT2D eigenvalue weighted by molar-refractivity contribution is 0.354. The number of halogens is 1. The summed E-state index contributed by atoms with van der Waals surface area (Å²) in [6.07, 6.45) is 2.77. The molecule has 8 heteroatoms. The third-order valence-electron chi connectivity index (χ3n) is 4.78. The van der Waals surface area contributed by atoms with Crippen molar-refractivity contribution in [3.63, 3.8) is 0 Å². The van der Waals surface area contributed by atoms with Gasteiger partial charge in [0, 0.05) is 31.9 Å². The first-order valence-electron chi connectivity index (χ1n) is 9.75. The molecule has 0 radical (unpaired) electrons. The second-order valence-electron chi connectivity index (χ2n) is 6.77. The SMILES string of the molecule is CCNC(=NCc1ccc(OC)c(OC)c1)NC1CCN(c2ncccc2Cl)C1. The Labute approximate surface area is 177 Å². The van der Waals surface area contributed by atoms with E-state index in [1.165, 1.54) is 0 Å². The van der Waals surface area contributed by atoms with Gasteiger partial charge < -0.3 is 25.0 Å². The summed E-state index contributed by atoms with van der Waals surface area (Å²) in [7, 11) is 3.27. The van der Waals surface area contributed by atoms with Crippen molar-refractivity contribution in [3.05, 3.63) is 47.1 Å². The van der Waals surface area contributed by atoms with Gasteiger partial charge in [0.05, 0.1) is 25.8 Å². The van der Waals surface area contributed by atoms with Gasteiger partial charge in [0.15, 0.2) is 17.5 Å². The number of pyridine rings is 1. The molecule has 2 aromatic rings. The number of guanidine groups is 1. The minimum atomic E-state index is 0.274. The number of nitrogens with zero attached hydrogens (tertiary/aromatic N) is 3. The van der Waals surface area contributed by atoms with Gasteiger partial charge in [0.1, 0.15) is 5.82 Å². The van der Waals surface area contributed by atoms with Gasteiger partial charge in [-0.05, 0) is 43.2 Å². The molecule has 1 aliphatic rings. The van der Waals surface area contributed by atoms with Crippen LogP contribution in [0.3, 0.4) is 0 Å². The predicted molar refractivity (Wildman–Crippen MR) is 117 cm³/mol. The van der Waals surface area contributed by atoms with Gasteiger partial charge in [0.25, 0.3) is 0 Å². The third-order valence-corrected chi connectivity index (χ3v) is 5.07. The molecule has 0 aliphatic carbocycles. The highest BCUT2D eigenvalue weighted by Crippen LogP contribution is 2.28. The minimum absolute atomic E-state index is 0.274. The van der Waals surface area contributed by atoms with E-state index in [1.807, 2.05) is 30.3 Å². The number of aromatic nitrogens is 1. The number of rotatable bonds is 7. The van der Waals surface area contributed by atoms with Gasteiger partial charge in [-0.1, -0.05) is 17.7 Å². The number of ether oxygens (including phenoxy) is 2. The highest BCUT2D eigenvalue weighted by atomic mass is 35.5. The smallest absolute Gasteiger partial charge is 0.191 e. The van der Waals surface area contributed by atoms with Gasteiger partial charge >= 0.3 is 0 Å². The van der Waals surface area contributed by atoms with E-state index in [2.05, 4.69) is 27.4 Å². The molecular formula is C21H28ClN5O2. The summed E-state index contributed by atoms with van der Waals surface area (Å²) < 4.78 is 10.7. The Hall–Kier alpha value is -2.67. The molecular weight excluding hydrogens is 390 g/mol. The van der Waals surface area contributed by atoms with Crippen LogP contribution in [0.2, 0.25) is 5.02 Å². The van der Waals surface area contributed by atoms with Crippen LogP contribution in [-0.4, -0.2) is 50.8 Å². The average molecular weight is 418 g/mol. The van der Waals surface area contributed by atoms with Crippen LogP contribution in [0.1, 0.15) is 18.9 Å². The molecule has 1 saturated heterocycles. The van der Waals surface area contributed by atoms with Crippen molar-refractivity contribution in [1.82, 2.24) is 15.6 Å². The maximum Gasteiger partial charge on any atom is 0.191 e. The van der Waals surface area contributed by atoms with Crippen molar-refractivity contribution in [1.29, 1.82) is 0 Å². The summed E-state index contributed by atoms with van der Waals surface area (Å²) in [5.74, 6) is 3.05. The summed E-state index contributed by atoms with van der Waals surface area (Å²) in [6.45, 7) is 5.13. The summed E-state index contributed by atoms with van der Waals surface area (Å²) in [5, 5.41) is 7.53. The lowest BCUT2D eigenvalue weighted by Crippen LogP contribution is -2.44. The van der Waals surface area contributed by atoms with E-state index < -0.39 is 0 Å². The molecule has 1 aromatic carbocycles. The average Bonchev–Trinajstić information content (AvgIpc) is 3.20. The number of aliphatic imine (C=N–C) groups is 1. The second-order valence-corrected chi connectivity index (χ2v) is 7.18. The molecule has 0 amide bonds. The lowest BCUT2D eigenvalue weighted by atomic mass is 10.2. The highest BCUT2D eigenvalue weighted by molar-refractivity contribution is 6.32. The Morgan fingerprint density at radius 1 is 1.28 bits per heavy atom. The zero-order valence-electron chi connectivity index (χ0n) is 17.1. The highest BCUT2D eigenvalue weighted by Gasteiger charge is 2.25. The normalized spacial score (nSPS) is 16.6. The Bertz CT molecular complexity index is 846. The molecule has 0 saturated carbocycles. The molecule has 1 aliphatic heterocycles. The quantitative estimate of drug-likeness (QED) is 0.533. The molecule has 2 heterocycles. The number of nitrogens with one attached hydrogen (secondary N) is 2. The lowest BCUT2D eigenvalue weighted by Gasteiger charge is -2.20. The van der Waals surface area contributed by atoms with E-state index in [9.17, 15) is 0 Å². The van der Waals surface area contributed by atoms with Crippen LogP contribution in [0.5, 0.6) is 11.5 Å². The molecule has 0 bridgehead atoms. The van der Waals surface area contributed by atoms with Crippen molar-refractivity contribution in [3.8, 4) is 11.5 Å². The summed E-state index contributed by atoms with van der Waals surface area (Å²) >= 11 is 6.29. The van der Waals surface area contributed by atoms with E-state index >= 15 is 0 Å². The van der Waals surface area contributed by atoms with Crippen LogP contribution in [0, 0.1) is 0 Å². The van der Waals surface area contributed by atoms with Crippen LogP contribution in [-0.2, 0) is 6.54 Å². The fraction of sp³-hybridized carbons (Fsp3) is 0.429. The standard InChI is InChI=1S/C21H28ClN5O2/c1-4-23-21(25-13-15-7-8-18(28-2)19(12-15)29-3)26-16-9-11-27(14-16)20-17(22)6-5-10-24-20/h5-8,10,12,16H,4,9,11,13-14H2,1-3H3,(H2,23,25,26). The fourth-order valence-electron chi connectivity index (χ4n) is 3.34. The summed E-state index contributed by atoms with van der Waals surface area (Å²) in [6, 6.07) is 9.84. The van der Waals surface area contributed by atoms with E-state index in [4.69, 9.17) is 26.1 Å². The van der Waals surface area contributed by atoms with Crippen molar-refractivity contribution in [2.45, 2.75) is 25.9 Å². The molecule has 29 heavy (non-hydrogen) atoms. The molecule has 1 aromatic heterocycles. The van der Waals surface area contributed by atoms with Crippen LogP contribution in [0.25, 0.3) is 0 Å². The molecule has 1 fully saturated rings. The first-order valence-corrected chi connectivity index (χ1v) is 10.1. The van der Waals surface area contributed by atoms with Crippen molar-refractivity contribution >= 4 is 23.4 Å². The fourth-order valence-corrected chi connectivity index (χ4v) is 3.58. The number of benzene rings is 1. The number of hydrogen-bond donors (Lipinski definition) is 2. The molecule has 1 unspecified atom stereocenters. The van der Waals surface area contributed by atoms with Gasteiger partial charge in [0.2, 0.25) is 0 Å². The minimum Gasteiger partial charge on any atom is -0.493 e. The van der Waals surface area contributed by atoms with E-state index in [-0.39, 0.29) is 6.04 Å². The maximum atomic E-state index is 6.29. The van der Waals surface area contributed by atoms with Crippen LogP contribution in [0.4, 0.5) is 5.82 Å². The maximum absolute atomic E-state index is 6.29. The molecule has 2 N–H and O–H groups in total. The van der Waals surface area contributed by atoms with Gasteiger partial charge in [-0.2, -0.15) is 0 Å². The summed E-state index contributed by atoms with van der Waals surface area (Å²) in [4.78, 5) is 11.4. The zero-order valence-corrected chi connectivity index (χ0v) is 17.9. The Morgan fingerprint density at radius 3 is 2.83 bits per heavy atom. The van der Waals surface area contributed by atoms with Crippen LogP contribution >= 0.6 is 11.6 Å². The van der Waals surface area contributed by atoms with Crippen LogP contribution in [0.15, 0.2) is 41.5 Å². The number of methoxy groups -OCH3 is 2. The number of anilines is 1. The first-order chi connectivity index (χ1) is 14.1. The van der Waals surface area contributed by atoms with E-state index in [0.717, 1.165) is 43.4 Å². The first kappa shape index (κ1) is 21.0. The zero-order chi connectivity index (χ0) is 20.6. The third kappa shape index (κ3) is 5.44. The van der Waals surface area contributed by atoms with Crippen molar-refractivity contribution < 1.29 is 9.47 Å². The number of hydrogen-bond acceptors (Lipinski definition) is 5. The van der Waals surface area contributed by atoms with Crippen molar-refractivity contribution in [2.24, 2.45) is 4.99 Å². The monoisotopic (exact) mass is 417 g/mol. The van der Waals surface area contributed by atoms with Gasteiger partial charge in [-0.15, -0.1) is 0 Å². The van der Waals surface area contributed by atoms with E-state index in [1.54, 1.807) is 20.4 Å². The largest absolute Gasteiger partial charge is 0.493 e. The summed E-state index contributed by atoms with van der Waals surface area (Å²) in [5.41, 5.74) is 1.05. The Balaban J connectivity index is 1.64. The molecule has 0 spiro atoms. The van der Waals surface area contributed by atoms with Gasteiger partial charge in [-0.3, -0.25) is 0 Å². The topological polar surface area (TPSA) is 71.0 Å². The van der Waals surface area contributed by atoms with E-state index in [0.29, 0.717) is 23.1 Å².